The zero-order chi connectivity index (χ0) is 46.8. The summed E-state index contributed by atoms with van der Waals surface area (Å²) in [4.78, 5) is 11.7. The lowest BCUT2D eigenvalue weighted by atomic mass is 9.91. The Morgan fingerprint density at radius 2 is 1.01 bits per heavy atom. The van der Waals surface area contributed by atoms with Crippen molar-refractivity contribution < 1.29 is 33.2 Å². The maximum absolute atomic E-state index is 11.7. The van der Waals surface area contributed by atoms with E-state index < -0.39 is 18.3 Å². The average molecular weight is 929 g/mol. The van der Waals surface area contributed by atoms with Gasteiger partial charge in [0.15, 0.2) is 6.73 Å². The SMILES string of the molecule is CNC(=O)NCOc1ccc(Cc2cc([C@@H]3S[C@H](COCc4ccccc4)[C@@H](OCc4ccccc4)[C@H](OCc4ccccc4)[C@H]3OCc3ccccc3)c(OCc3ccccc3)cc2C)cc1. The fraction of sp³-hybridized carbons (Fsp3) is 0.259. The minimum atomic E-state index is -0.517. The van der Waals surface area contributed by atoms with Crippen molar-refractivity contribution in [1.29, 1.82) is 0 Å². The standard InChI is InChI=1S/C58H60N2O7S/c1-42-32-52(63-36-45-20-10-4-11-21-45)51(34-49(42)33-43-28-30-50(31-29-43)67-41-60-58(61)59-2)57-56(66-39-48-26-16-7-17-27-48)55(65-38-47-24-14-6-15-25-47)54(64-37-46-22-12-5-13-23-46)53(68-57)40-62-35-44-18-8-3-9-19-44/h3-32,34,53-57H,33,35-41H2,1-2H3,(H2,59,60,61)/t53-,54-,55+,56-,57+/m1/s1. The normalized spacial score (nSPS) is 17.8. The number of benzene rings is 7. The molecule has 7 aromatic rings. The lowest BCUT2D eigenvalue weighted by Gasteiger charge is -2.46. The molecule has 0 bridgehead atoms. The van der Waals surface area contributed by atoms with Crippen LogP contribution in [0, 0.1) is 6.92 Å². The number of amides is 2. The molecule has 0 aliphatic carbocycles. The third-order valence-electron chi connectivity index (χ3n) is 11.9. The molecule has 2 N–H and O–H groups in total. The molecule has 8 rings (SSSR count). The molecule has 1 aliphatic rings. The van der Waals surface area contributed by atoms with E-state index in [1.807, 2.05) is 115 Å². The van der Waals surface area contributed by atoms with E-state index in [0.29, 0.717) is 51.8 Å². The molecule has 1 heterocycles. The van der Waals surface area contributed by atoms with Crippen LogP contribution in [0.2, 0.25) is 0 Å². The monoisotopic (exact) mass is 928 g/mol. The van der Waals surface area contributed by atoms with Gasteiger partial charge in [-0.05, 0) is 76.1 Å². The first-order valence-corrected chi connectivity index (χ1v) is 24.1. The number of aryl methyl sites for hydroxylation is 1. The molecule has 2 amide bonds. The fourth-order valence-electron chi connectivity index (χ4n) is 8.25. The minimum absolute atomic E-state index is 0.0605. The third kappa shape index (κ3) is 13.8. The summed E-state index contributed by atoms with van der Waals surface area (Å²) in [6, 6.07) is 63.7. The van der Waals surface area contributed by atoms with Gasteiger partial charge in [0, 0.05) is 12.6 Å². The lowest BCUT2D eigenvalue weighted by Crippen LogP contribution is -2.54. The van der Waals surface area contributed by atoms with Crippen molar-refractivity contribution in [1.82, 2.24) is 10.6 Å². The van der Waals surface area contributed by atoms with Crippen molar-refractivity contribution in [2.75, 3.05) is 20.4 Å². The van der Waals surface area contributed by atoms with Crippen LogP contribution >= 0.6 is 11.8 Å². The van der Waals surface area contributed by atoms with Crippen LogP contribution in [-0.2, 0) is 58.4 Å². The Hall–Kier alpha value is -6.40. The molecule has 1 aliphatic heterocycles. The van der Waals surface area contributed by atoms with Crippen LogP contribution in [-0.4, -0.2) is 50.0 Å². The first kappa shape index (κ1) is 48.1. The van der Waals surface area contributed by atoms with Crippen molar-refractivity contribution in [3.8, 4) is 11.5 Å². The highest BCUT2D eigenvalue weighted by Gasteiger charge is 2.49. The Labute approximate surface area is 405 Å². The van der Waals surface area contributed by atoms with E-state index in [9.17, 15) is 4.79 Å². The van der Waals surface area contributed by atoms with Gasteiger partial charge in [0.2, 0.25) is 0 Å². The van der Waals surface area contributed by atoms with E-state index in [0.717, 1.165) is 55.8 Å². The van der Waals surface area contributed by atoms with Gasteiger partial charge in [-0.25, -0.2) is 4.79 Å². The van der Waals surface area contributed by atoms with Crippen molar-refractivity contribution >= 4 is 17.8 Å². The number of carbonyl (C=O) groups excluding carboxylic acids is 1. The van der Waals surface area contributed by atoms with E-state index in [4.69, 9.17) is 28.4 Å². The summed E-state index contributed by atoms with van der Waals surface area (Å²) in [6.07, 6.45) is -0.745. The highest BCUT2D eigenvalue weighted by atomic mass is 32.2. The van der Waals surface area contributed by atoms with Crippen LogP contribution in [0.1, 0.15) is 55.3 Å². The second-order valence-corrected chi connectivity index (χ2v) is 18.2. The maximum atomic E-state index is 11.7. The summed E-state index contributed by atoms with van der Waals surface area (Å²) < 4.78 is 40.9. The predicted molar refractivity (Wildman–Crippen MR) is 270 cm³/mol. The number of hydrogen-bond acceptors (Lipinski definition) is 8. The van der Waals surface area contributed by atoms with Crippen molar-refractivity contribution in [2.45, 2.75) is 75.2 Å². The van der Waals surface area contributed by atoms with Gasteiger partial charge >= 0.3 is 6.03 Å². The zero-order valence-corrected chi connectivity index (χ0v) is 39.5. The van der Waals surface area contributed by atoms with Gasteiger partial charge in [-0.15, -0.1) is 11.8 Å². The van der Waals surface area contributed by atoms with Crippen molar-refractivity contribution in [2.24, 2.45) is 0 Å². The average Bonchev–Trinajstić information content (AvgIpc) is 3.39. The third-order valence-corrected chi connectivity index (χ3v) is 13.5. The van der Waals surface area contributed by atoms with Crippen molar-refractivity contribution in [3.63, 3.8) is 0 Å². The van der Waals surface area contributed by atoms with Crippen LogP contribution in [0.5, 0.6) is 11.5 Å². The van der Waals surface area contributed by atoms with Gasteiger partial charge in [0.05, 0.1) is 43.5 Å². The van der Waals surface area contributed by atoms with Crippen LogP contribution in [0.15, 0.2) is 188 Å². The number of rotatable bonds is 22. The van der Waals surface area contributed by atoms with Gasteiger partial charge in [0.1, 0.15) is 36.4 Å². The zero-order valence-electron chi connectivity index (χ0n) is 38.7. The van der Waals surface area contributed by atoms with E-state index in [2.05, 4.69) is 102 Å². The molecule has 1 saturated heterocycles. The molecular formula is C58H60N2O7S. The van der Waals surface area contributed by atoms with E-state index >= 15 is 0 Å². The van der Waals surface area contributed by atoms with E-state index in [-0.39, 0.29) is 23.3 Å². The maximum Gasteiger partial charge on any atom is 0.317 e. The highest BCUT2D eigenvalue weighted by molar-refractivity contribution is 8.00. The minimum Gasteiger partial charge on any atom is -0.489 e. The molecule has 0 saturated carbocycles. The molecule has 68 heavy (non-hydrogen) atoms. The molecule has 0 radical (unpaired) electrons. The summed E-state index contributed by atoms with van der Waals surface area (Å²) in [7, 11) is 1.57. The molecule has 0 spiro atoms. The Balaban J connectivity index is 1.20. The van der Waals surface area contributed by atoms with E-state index in [1.54, 1.807) is 7.05 Å². The molecule has 7 aromatic carbocycles. The number of urea groups is 1. The van der Waals surface area contributed by atoms with Gasteiger partial charge < -0.3 is 39.1 Å². The quantitative estimate of drug-likeness (QED) is 0.0649. The van der Waals surface area contributed by atoms with Gasteiger partial charge in [-0.1, -0.05) is 170 Å². The summed E-state index contributed by atoms with van der Waals surface area (Å²) in [5, 5.41) is 4.77. The van der Waals surface area contributed by atoms with Gasteiger partial charge in [-0.3, -0.25) is 0 Å². The highest BCUT2D eigenvalue weighted by Crippen LogP contribution is 2.50. The topological polar surface area (TPSA) is 96.5 Å². The molecule has 350 valence electrons. The number of hydrogen-bond donors (Lipinski definition) is 2. The summed E-state index contributed by atoms with van der Waals surface area (Å²) in [5.74, 6) is 1.46. The second kappa shape index (κ2) is 25.1. The molecule has 0 unspecified atom stereocenters. The molecule has 5 atom stereocenters. The smallest absolute Gasteiger partial charge is 0.317 e. The van der Waals surface area contributed by atoms with Crippen molar-refractivity contribution in [3.05, 3.63) is 238 Å². The Kier molecular flexibility index (Phi) is 17.7. The van der Waals surface area contributed by atoms with Gasteiger partial charge in [0.25, 0.3) is 0 Å². The summed E-state index contributed by atoms with van der Waals surface area (Å²) in [5.41, 5.74) is 9.78. The summed E-state index contributed by atoms with van der Waals surface area (Å²) in [6.45, 7) is 4.63. The van der Waals surface area contributed by atoms with E-state index in [1.165, 1.54) is 0 Å². The Bertz CT molecular complexity index is 2570. The largest absolute Gasteiger partial charge is 0.489 e. The van der Waals surface area contributed by atoms with Gasteiger partial charge in [-0.2, -0.15) is 0 Å². The fourth-order valence-corrected chi connectivity index (χ4v) is 9.91. The Morgan fingerprint density at radius 3 is 1.54 bits per heavy atom. The van der Waals surface area contributed by atoms with Crippen LogP contribution in [0.3, 0.4) is 0 Å². The molecular weight excluding hydrogens is 869 g/mol. The first-order valence-electron chi connectivity index (χ1n) is 23.2. The number of ether oxygens (including phenoxy) is 6. The lowest BCUT2D eigenvalue weighted by molar-refractivity contribution is -0.160. The Morgan fingerprint density at radius 1 is 0.529 bits per heavy atom. The van der Waals surface area contributed by atoms with Crippen LogP contribution in [0.25, 0.3) is 0 Å². The van der Waals surface area contributed by atoms with Crippen LogP contribution < -0.4 is 20.1 Å². The number of nitrogens with one attached hydrogen (secondary N) is 2. The predicted octanol–water partition coefficient (Wildman–Crippen LogP) is 11.6. The summed E-state index contributed by atoms with van der Waals surface area (Å²) >= 11 is 1.82. The number of carbonyl (C=O) groups is 1. The van der Waals surface area contributed by atoms with Crippen LogP contribution in [0.4, 0.5) is 4.79 Å². The second-order valence-electron chi connectivity index (χ2n) is 16.8. The molecule has 1 fully saturated rings. The molecule has 9 nitrogen and oxygen atoms in total. The first-order chi connectivity index (χ1) is 33.5. The number of thioether (sulfide) groups is 1. The molecule has 0 aromatic heterocycles. The molecule has 10 heteroatoms.